The average Bonchev–Trinajstić information content (AvgIpc) is 2.93. The van der Waals surface area contributed by atoms with Gasteiger partial charge in [0.25, 0.3) is 0 Å². The van der Waals surface area contributed by atoms with Gasteiger partial charge in [-0.05, 0) is 19.3 Å². The van der Waals surface area contributed by atoms with Crippen molar-refractivity contribution in [3.05, 3.63) is 12.7 Å². The van der Waals surface area contributed by atoms with Crippen molar-refractivity contribution in [2.45, 2.75) is 31.7 Å². The molecule has 1 rings (SSSR count). The van der Waals surface area contributed by atoms with Crippen LogP contribution in [-0.2, 0) is 4.79 Å². The van der Waals surface area contributed by atoms with E-state index in [0.29, 0.717) is 19.0 Å². The van der Waals surface area contributed by atoms with Gasteiger partial charge in [-0.25, -0.2) is 0 Å². The summed E-state index contributed by atoms with van der Waals surface area (Å²) in [5, 5.41) is 8.77. The Morgan fingerprint density at radius 1 is 1.62 bits per heavy atom. The number of aliphatic hydroxyl groups excluding tert-OH is 1. The van der Waals surface area contributed by atoms with Gasteiger partial charge in [-0.1, -0.05) is 6.08 Å². The number of hydrogen-bond donors (Lipinski definition) is 1. The number of rotatable bonds is 6. The number of allylic oxidation sites excluding steroid dienone is 1. The zero-order valence-corrected chi connectivity index (χ0v) is 7.91. The molecule has 0 aromatic heterocycles. The number of amides is 1. The van der Waals surface area contributed by atoms with Crippen molar-refractivity contribution in [1.82, 2.24) is 4.90 Å². The zero-order valence-electron chi connectivity index (χ0n) is 7.91. The normalized spacial score (nSPS) is 15.5. The first-order chi connectivity index (χ1) is 6.29. The standard InChI is InChI=1S/C10H17NO2/c1-2-3-4-10(13)11(7-8-12)9-5-6-9/h2,9,12H,1,3-8H2. The number of carbonyl (C=O) groups is 1. The van der Waals surface area contributed by atoms with Crippen molar-refractivity contribution in [2.24, 2.45) is 0 Å². The summed E-state index contributed by atoms with van der Waals surface area (Å²) in [6.45, 7) is 4.13. The zero-order chi connectivity index (χ0) is 9.68. The maximum atomic E-state index is 11.5. The van der Waals surface area contributed by atoms with Gasteiger partial charge in [0, 0.05) is 19.0 Å². The fourth-order valence-corrected chi connectivity index (χ4v) is 1.37. The van der Waals surface area contributed by atoms with Gasteiger partial charge in [0.2, 0.25) is 5.91 Å². The molecule has 13 heavy (non-hydrogen) atoms. The predicted molar refractivity (Wildman–Crippen MR) is 51.3 cm³/mol. The Labute approximate surface area is 79.0 Å². The first kappa shape index (κ1) is 10.3. The van der Waals surface area contributed by atoms with Crippen molar-refractivity contribution in [3.63, 3.8) is 0 Å². The van der Waals surface area contributed by atoms with Crippen LogP contribution in [0.3, 0.4) is 0 Å². The highest BCUT2D eigenvalue weighted by atomic mass is 16.3. The summed E-state index contributed by atoms with van der Waals surface area (Å²) in [6, 6.07) is 0.407. The third-order valence-corrected chi connectivity index (χ3v) is 2.21. The molecule has 0 radical (unpaired) electrons. The maximum Gasteiger partial charge on any atom is 0.223 e. The lowest BCUT2D eigenvalue weighted by Gasteiger charge is -2.20. The molecule has 1 aliphatic carbocycles. The molecular weight excluding hydrogens is 166 g/mol. The third-order valence-electron chi connectivity index (χ3n) is 2.21. The number of carbonyl (C=O) groups excluding carboxylic acids is 1. The Balaban J connectivity index is 2.33. The minimum atomic E-state index is 0.0658. The van der Waals surface area contributed by atoms with Gasteiger partial charge in [0.15, 0.2) is 0 Å². The van der Waals surface area contributed by atoms with Gasteiger partial charge in [-0.2, -0.15) is 0 Å². The molecule has 0 bridgehead atoms. The van der Waals surface area contributed by atoms with Gasteiger partial charge in [-0.3, -0.25) is 4.79 Å². The minimum absolute atomic E-state index is 0.0658. The van der Waals surface area contributed by atoms with E-state index in [4.69, 9.17) is 5.11 Å². The highest BCUT2D eigenvalue weighted by Crippen LogP contribution is 2.27. The van der Waals surface area contributed by atoms with E-state index in [-0.39, 0.29) is 12.5 Å². The van der Waals surface area contributed by atoms with E-state index in [1.165, 1.54) is 0 Å². The molecule has 1 aliphatic rings. The third kappa shape index (κ3) is 3.19. The van der Waals surface area contributed by atoms with E-state index in [1.54, 1.807) is 11.0 Å². The van der Waals surface area contributed by atoms with E-state index in [1.807, 2.05) is 0 Å². The Kier molecular flexibility index (Phi) is 3.96. The summed E-state index contributed by atoms with van der Waals surface area (Å²) in [7, 11) is 0. The van der Waals surface area contributed by atoms with Crippen molar-refractivity contribution in [2.75, 3.05) is 13.2 Å². The molecule has 74 valence electrons. The molecule has 3 nitrogen and oxygen atoms in total. The van der Waals surface area contributed by atoms with Gasteiger partial charge < -0.3 is 10.0 Å². The predicted octanol–water partition coefficient (Wildman–Crippen LogP) is 0.936. The van der Waals surface area contributed by atoms with Crippen molar-refractivity contribution >= 4 is 5.91 Å². The Morgan fingerprint density at radius 2 is 2.31 bits per heavy atom. The molecule has 1 fully saturated rings. The quantitative estimate of drug-likeness (QED) is 0.622. The van der Waals surface area contributed by atoms with Crippen LogP contribution in [0.15, 0.2) is 12.7 Å². The van der Waals surface area contributed by atoms with E-state index in [9.17, 15) is 4.79 Å². The SMILES string of the molecule is C=CCCC(=O)N(CCO)C1CC1. The lowest BCUT2D eigenvalue weighted by Crippen LogP contribution is -2.35. The largest absolute Gasteiger partial charge is 0.395 e. The van der Waals surface area contributed by atoms with Gasteiger partial charge >= 0.3 is 0 Å². The molecule has 0 atom stereocenters. The second-order valence-electron chi connectivity index (χ2n) is 3.37. The molecule has 1 N–H and O–H groups in total. The van der Waals surface area contributed by atoms with Crippen LogP contribution in [0.2, 0.25) is 0 Å². The summed E-state index contributed by atoms with van der Waals surface area (Å²) < 4.78 is 0. The Hall–Kier alpha value is -0.830. The highest BCUT2D eigenvalue weighted by Gasteiger charge is 2.31. The van der Waals surface area contributed by atoms with Gasteiger partial charge in [0.1, 0.15) is 0 Å². The molecule has 3 heteroatoms. The van der Waals surface area contributed by atoms with Crippen LogP contribution in [-0.4, -0.2) is 35.1 Å². The van der Waals surface area contributed by atoms with E-state index in [0.717, 1.165) is 19.3 Å². The smallest absolute Gasteiger partial charge is 0.223 e. The van der Waals surface area contributed by atoms with E-state index >= 15 is 0 Å². The molecule has 0 aromatic carbocycles. The van der Waals surface area contributed by atoms with Crippen molar-refractivity contribution < 1.29 is 9.90 Å². The maximum absolute atomic E-state index is 11.5. The minimum Gasteiger partial charge on any atom is -0.395 e. The van der Waals surface area contributed by atoms with Crippen molar-refractivity contribution in [1.29, 1.82) is 0 Å². The second kappa shape index (κ2) is 5.02. The van der Waals surface area contributed by atoms with E-state index < -0.39 is 0 Å². The lowest BCUT2D eigenvalue weighted by molar-refractivity contribution is -0.132. The fourth-order valence-electron chi connectivity index (χ4n) is 1.37. The molecule has 0 aromatic rings. The first-order valence-corrected chi connectivity index (χ1v) is 4.80. The Bertz CT molecular complexity index is 187. The van der Waals surface area contributed by atoms with Crippen molar-refractivity contribution in [3.8, 4) is 0 Å². The van der Waals surface area contributed by atoms with Gasteiger partial charge in [0.05, 0.1) is 6.61 Å². The molecule has 1 amide bonds. The summed E-state index contributed by atoms with van der Waals surface area (Å²) in [6.07, 6.45) is 5.20. The molecule has 0 heterocycles. The van der Waals surface area contributed by atoms with Crippen LogP contribution in [0.5, 0.6) is 0 Å². The van der Waals surface area contributed by atoms with Gasteiger partial charge in [-0.15, -0.1) is 6.58 Å². The molecular formula is C10H17NO2. The summed E-state index contributed by atoms with van der Waals surface area (Å²) >= 11 is 0. The topological polar surface area (TPSA) is 40.5 Å². The van der Waals surface area contributed by atoms with Crippen LogP contribution < -0.4 is 0 Å². The van der Waals surface area contributed by atoms with Crippen LogP contribution in [0, 0.1) is 0 Å². The van der Waals surface area contributed by atoms with Crippen LogP contribution in [0.25, 0.3) is 0 Å². The summed E-state index contributed by atoms with van der Waals surface area (Å²) in [5.41, 5.74) is 0. The molecule has 1 saturated carbocycles. The fraction of sp³-hybridized carbons (Fsp3) is 0.700. The molecule has 0 unspecified atom stereocenters. The summed E-state index contributed by atoms with van der Waals surface area (Å²) in [5.74, 6) is 0.149. The van der Waals surface area contributed by atoms with E-state index in [2.05, 4.69) is 6.58 Å². The first-order valence-electron chi connectivity index (χ1n) is 4.80. The number of nitrogens with zero attached hydrogens (tertiary/aromatic N) is 1. The summed E-state index contributed by atoms with van der Waals surface area (Å²) in [4.78, 5) is 13.3. The second-order valence-corrected chi connectivity index (χ2v) is 3.37. The monoisotopic (exact) mass is 183 g/mol. The number of aliphatic hydroxyl groups is 1. The molecule has 0 saturated heterocycles. The Morgan fingerprint density at radius 3 is 2.77 bits per heavy atom. The van der Waals surface area contributed by atoms with Crippen LogP contribution in [0.1, 0.15) is 25.7 Å². The molecule has 0 aliphatic heterocycles. The van der Waals surface area contributed by atoms with Crippen LogP contribution >= 0.6 is 0 Å². The highest BCUT2D eigenvalue weighted by molar-refractivity contribution is 5.77. The average molecular weight is 183 g/mol. The van der Waals surface area contributed by atoms with Crippen LogP contribution in [0.4, 0.5) is 0 Å². The molecule has 0 spiro atoms. The number of hydrogen-bond acceptors (Lipinski definition) is 2. The lowest BCUT2D eigenvalue weighted by atomic mass is 10.2.